The van der Waals surface area contributed by atoms with Crippen LogP contribution >= 0.6 is 11.3 Å². The van der Waals surface area contributed by atoms with Gasteiger partial charge in [-0.05, 0) is 61.0 Å². The standard InChI is InChI=1S/C21H18N2O2S/c1-14-11-17-12-19(20(24)16-3-5-18(25-2)6-4-16)26-21(17)23(14)13-15-7-9-22-10-8-15/h3-12H,13H2,1-2H3. The molecule has 0 saturated carbocycles. The van der Waals surface area contributed by atoms with E-state index in [9.17, 15) is 4.79 Å². The lowest BCUT2D eigenvalue weighted by Gasteiger charge is -2.07. The number of carbonyl (C=O) groups excluding carboxylic acids is 1. The van der Waals surface area contributed by atoms with Crippen LogP contribution in [0.25, 0.3) is 10.2 Å². The summed E-state index contributed by atoms with van der Waals surface area (Å²) in [5, 5.41) is 1.11. The normalized spacial score (nSPS) is 11.0. The summed E-state index contributed by atoms with van der Waals surface area (Å²) in [4.78, 5) is 18.8. The van der Waals surface area contributed by atoms with Crippen LogP contribution in [0.3, 0.4) is 0 Å². The van der Waals surface area contributed by atoms with Gasteiger partial charge in [0.2, 0.25) is 5.78 Å². The van der Waals surface area contributed by atoms with Gasteiger partial charge in [-0.1, -0.05) is 0 Å². The van der Waals surface area contributed by atoms with E-state index in [0.717, 1.165) is 27.4 Å². The van der Waals surface area contributed by atoms with Gasteiger partial charge < -0.3 is 9.30 Å². The monoisotopic (exact) mass is 362 g/mol. The first-order valence-corrected chi connectivity index (χ1v) is 9.14. The van der Waals surface area contributed by atoms with E-state index in [1.807, 2.05) is 42.5 Å². The summed E-state index contributed by atoms with van der Waals surface area (Å²) >= 11 is 1.54. The van der Waals surface area contributed by atoms with Gasteiger partial charge in [-0.15, -0.1) is 11.3 Å². The highest BCUT2D eigenvalue weighted by molar-refractivity contribution is 7.20. The lowest BCUT2D eigenvalue weighted by molar-refractivity contribution is 0.104. The Labute approximate surface area is 155 Å². The Morgan fingerprint density at radius 1 is 1.12 bits per heavy atom. The van der Waals surface area contributed by atoms with Crippen molar-refractivity contribution in [2.75, 3.05) is 7.11 Å². The van der Waals surface area contributed by atoms with Crippen LogP contribution in [0.2, 0.25) is 0 Å². The van der Waals surface area contributed by atoms with E-state index in [1.165, 1.54) is 11.3 Å². The van der Waals surface area contributed by atoms with Crippen LogP contribution in [-0.2, 0) is 6.54 Å². The van der Waals surface area contributed by atoms with Crippen LogP contribution in [0, 0.1) is 6.92 Å². The van der Waals surface area contributed by atoms with Gasteiger partial charge in [-0.25, -0.2) is 0 Å². The number of carbonyl (C=O) groups is 1. The Morgan fingerprint density at radius 3 is 2.54 bits per heavy atom. The molecule has 0 N–H and O–H groups in total. The second-order valence-corrected chi connectivity index (χ2v) is 7.19. The van der Waals surface area contributed by atoms with Crippen molar-refractivity contribution in [3.05, 3.63) is 82.6 Å². The molecule has 3 heterocycles. The fourth-order valence-electron chi connectivity index (χ4n) is 3.04. The predicted octanol–water partition coefficient (Wildman–Crippen LogP) is 4.69. The number of methoxy groups -OCH3 is 1. The summed E-state index contributed by atoms with van der Waals surface area (Å²) in [7, 11) is 1.62. The highest BCUT2D eigenvalue weighted by Crippen LogP contribution is 2.31. The number of hydrogen-bond acceptors (Lipinski definition) is 4. The number of rotatable bonds is 5. The second-order valence-electron chi connectivity index (χ2n) is 6.16. The first kappa shape index (κ1) is 16.5. The summed E-state index contributed by atoms with van der Waals surface area (Å²) in [5.74, 6) is 0.791. The molecule has 4 nitrogen and oxygen atoms in total. The molecule has 0 atom stereocenters. The third-order valence-corrected chi connectivity index (χ3v) is 5.61. The lowest BCUT2D eigenvalue weighted by Crippen LogP contribution is -2.01. The van der Waals surface area contributed by atoms with Gasteiger partial charge in [-0.3, -0.25) is 9.78 Å². The second kappa shape index (κ2) is 6.77. The molecule has 0 aliphatic rings. The highest BCUT2D eigenvalue weighted by atomic mass is 32.1. The van der Waals surface area contributed by atoms with E-state index >= 15 is 0 Å². The van der Waals surface area contributed by atoms with E-state index in [1.54, 1.807) is 30.8 Å². The SMILES string of the molecule is COc1ccc(C(=O)c2cc3cc(C)n(Cc4ccncc4)c3s2)cc1. The molecule has 4 aromatic rings. The van der Waals surface area contributed by atoms with Crippen LogP contribution in [-0.4, -0.2) is 22.4 Å². The van der Waals surface area contributed by atoms with E-state index in [-0.39, 0.29) is 5.78 Å². The quantitative estimate of drug-likeness (QED) is 0.484. The third kappa shape index (κ3) is 3.02. The van der Waals surface area contributed by atoms with Gasteiger partial charge in [0, 0.05) is 35.6 Å². The molecule has 26 heavy (non-hydrogen) atoms. The Bertz CT molecular complexity index is 1060. The van der Waals surface area contributed by atoms with Crippen molar-refractivity contribution >= 4 is 27.3 Å². The van der Waals surface area contributed by atoms with Crippen molar-refractivity contribution in [3.8, 4) is 5.75 Å². The molecule has 1 aromatic carbocycles. The number of hydrogen-bond donors (Lipinski definition) is 0. The lowest BCUT2D eigenvalue weighted by atomic mass is 10.1. The molecule has 0 aliphatic carbocycles. The number of ether oxygens (including phenoxy) is 1. The zero-order valence-electron chi connectivity index (χ0n) is 14.6. The molecule has 0 bridgehead atoms. The molecule has 0 spiro atoms. The molecule has 0 aliphatic heterocycles. The molecule has 0 unspecified atom stereocenters. The Morgan fingerprint density at radius 2 is 1.85 bits per heavy atom. The Balaban J connectivity index is 1.68. The van der Waals surface area contributed by atoms with Crippen LogP contribution in [0.1, 0.15) is 26.5 Å². The molecule has 0 amide bonds. The maximum atomic E-state index is 12.8. The minimum Gasteiger partial charge on any atom is -0.497 e. The van der Waals surface area contributed by atoms with Crippen molar-refractivity contribution in [2.45, 2.75) is 13.5 Å². The predicted molar refractivity (Wildman–Crippen MR) is 104 cm³/mol. The first-order valence-electron chi connectivity index (χ1n) is 8.33. The van der Waals surface area contributed by atoms with E-state index in [4.69, 9.17) is 4.74 Å². The molecule has 130 valence electrons. The van der Waals surface area contributed by atoms with Gasteiger partial charge in [0.05, 0.1) is 12.0 Å². The average Bonchev–Trinajstić information content (AvgIpc) is 3.21. The minimum atomic E-state index is 0.0435. The van der Waals surface area contributed by atoms with Crippen LogP contribution in [0.15, 0.2) is 60.9 Å². The largest absolute Gasteiger partial charge is 0.497 e. The van der Waals surface area contributed by atoms with Crippen molar-refractivity contribution in [2.24, 2.45) is 0 Å². The highest BCUT2D eigenvalue weighted by Gasteiger charge is 2.16. The summed E-state index contributed by atoms with van der Waals surface area (Å²) in [6.07, 6.45) is 3.61. The number of thiophene rings is 1. The number of ketones is 1. The summed E-state index contributed by atoms with van der Waals surface area (Å²) < 4.78 is 7.41. The van der Waals surface area contributed by atoms with Gasteiger partial charge in [0.15, 0.2) is 0 Å². The maximum Gasteiger partial charge on any atom is 0.203 e. The number of aryl methyl sites for hydroxylation is 1. The van der Waals surface area contributed by atoms with Gasteiger partial charge in [-0.2, -0.15) is 0 Å². The maximum absolute atomic E-state index is 12.8. The van der Waals surface area contributed by atoms with E-state index in [2.05, 4.69) is 22.5 Å². The first-order chi connectivity index (χ1) is 12.7. The van der Waals surface area contributed by atoms with Crippen LogP contribution in [0.4, 0.5) is 0 Å². The van der Waals surface area contributed by atoms with Crippen molar-refractivity contribution in [3.63, 3.8) is 0 Å². The molecule has 5 heteroatoms. The molecular formula is C21H18N2O2S. The fraction of sp³-hybridized carbons (Fsp3) is 0.143. The third-order valence-electron chi connectivity index (χ3n) is 4.44. The number of fused-ring (bicyclic) bond motifs is 1. The smallest absolute Gasteiger partial charge is 0.203 e. The molecule has 4 rings (SSSR count). The molecule has 0 radical (unpaired) electrons. The van der Waals surface area contributed by atoms with Gasteiger partial charge in [0.25, 0.3) is 0 Å². The van der Waals surface area contributed by atoms with Gasteiger partial charge >= 0.3 is 0 Å². The molecule has 3 aromatic heterocycles. The Hall–Kier alpha value is -2.92. The molecule has 0 fully saturated rings. The fourth-order valence-corrected chi connectivity index (χ4v) is 4.20. The minimum absolute atomic E-state index is 0.0435. The van der Waals surface area contributed by atoms with Crippen LogP contribution < -0.4 is 4.74 Å². The summed E-state index contributed by atoms with van der Waals surface area (Å²) in [5.41, 5.74) is 3.05. The summed E-state index contributed by atoms with van der Waals surface area (Å²) in [6, 6.07) is 15.4. The van der Waals surface area contributed by atoms with Crippen molar-refractivity contribution < 1.29 is 9.53 Å². The average molecular weight is 362 g/mol. The topological polar surface area (TPSA) is 44.1 Å². The summed E-state index contributed by atoms with van der Waals surface area (Å²) in [6.45, 7) is 2.87. The number of benzene rings is 1. The van der Waals surface area contributed by atoms with Crippen LogP contribution in [0.5, 0.6) is 5.75 Å². The van der Waals surface area contributed by atoms with E-state index < -0.39 is 0 Å². The number of nitrogens with zero attached hydrogens (tertiary/aromatic N) is 2. The number of pyridine rings is 1. The zero-order chi connectivity index (χ0) is 18.1. The zero-order valence-corrected chi connectivity index (χ0v) is 15.4. The van der Waals surface area contributed by atoms with Gasteiger partial charge in [0.1, 0.15) is 10.6 Å². The van der Waals surface area contributed by atoms with Crippen molar-refractivity contribution in [1.82, 2.24) is 9.55 Å². The van der Waals surface area contributed by atoms with Crippen molar-refractivity contribution in [1.29, 1.82) is 0 Å². The number of aromatic nitrogens is 2. The molecular weight excluding hydrogens is 344 g/mol. The Kier molecular flexibility index (Phi) is 4.31. The van der Waals surface area contributed by atoms with E-state index in [0.29, 0.717) is 5.56 Å². The molecule has 0 saturated heterocycles.